The number of halogens is 2. The van der Waals surface area contributed by atoms with Crippen molar-refractivity contribution in [2.24, 2.45) is 0 Å². The van der Waals surface area contributed by atoms with Gasteiger partial charge in [-0.25, -0.2) is 12.7 Å². The van der Waals surface area contributed by atoms with Crippen molar-refractivity contribution < 1.29 is 8.42 Å². The van der Waals surface area contributed by atoms with Crippen LogP contribution in [0.25, 0.3) is 10.9 Å². The van der Waals surface area contributed by atoms with Crippen molar-refractivity contribution in [3.05, 3.63) is 52.0 Å². The van der Waals surface area contributed by atoms with Crippen LogP contribution >= 0.6 is 23.2 Å². The fourth-order valence-electron chi connectivity index (χ4n) is 3.63. The zero-order valence-corrected chi connectivity index (χ0v) is 20.6. The number of nitrogens with zero attached hydrogens (tertiary/aromatic N) is 4. The standard InChI is InChI=1S/C22H28Cl2N4O2S/c1-5-13-26(4)31(29,30)16-11-12-21-17(14-16)22(27(6-2)7-3)25-28(21)15-18-19(23)9-8-10-20(18)24/h8-12,14H,5-7,13,15H2,1-4H3. The summed E-state index contributed by atoms with van der Waals surface area (Å²) in [7, 11) is -1.97. The maximum Gasteiger partial charge on any atom is 0.242 e. The molecule has 0 spiro atoms. The lowest BCUT2D eigenvalue weighted by Crippen LogP contribution is -2.27. The van der Waals surface area contributed by atoms with Crippen LogP contribution in [0.1, 0.15) is 32.8 Å². The Labute approximate surface area is 194 Å². The van der Waals surface area contributed by atoms with Crippen molar-refractivity contribution in [3.63, 3.8) is 0 Å². The SMILES string of the molecule is CCCN(C)S(=O)(=O)c1ccc2c(c1)c(N(CC)CC)nn2Cc1c(Cl)cccc1Cl. The third-order valence-electron chi connectivity index (χ3n) is 5.38. The van der Waals surface area contributed by atoms with E-state index < -0.39 is 10.0 Å². The highest BCUT2D eigenvalue weighted by Crippen LogP contribution is 2.32. The Kier molecular flexibility index (Phi) is 7.52. The van der Waals surface area contributed by atoms with Crippen molar-refractivity contribution in [2.45, 2.75) is 38.6 Å². The third-order valence-corrected chi connectivity index (χ3v) is 7.94. The Bertz CT molecular complexity index is 1150. The van der Waals surface area contributed by atoms with Crippen molar-refractivity contribution in [2.75, 3.05) is 31.6 Å². The summed E-state index contributed by atoms with van der Waals surface area (Å²) in [4.78, 5) is 2.37. The summed E-state index contributed by atoms with van der Waals surface area (Å²) in [6, 6.07) is 10.6. The number of fused-ring (bicyclic) bond motifs is 1. The molecule has 0 atom stereocenters. The lowest BCUT2D eigenvalue weighted by atomic mass is 10.2. The topological polar surface area (TPSA) is 58.4 Å². The molecule has 0 saturated heterocycles. The van der Waals surface area contributed by atoms with Crippen LogP contribution in [0, 0.1) is 0 Å². The van der Waals surface area contributed by atoms with Gasteiger partial charge in [-0.2, -0.15) is 5.10 Å². The normalized spacial score (nSPS) is 12.1. The minimum atomic E-state index is -3.58. The zero-order valence-electron chi connectivity index (χ0n) is 18.3. The van der Waals surface area contributed by atoms with Crippen molar-refractivity contribution in [1.82, 2.24) is 14.1 Å². The first kappa shape index (κ1) is 23.9. The highest BCUT2D eigenvalue weighted by molar-refractivity contribution is 7.89. The molecule has 0 N–H and O–H groups in total. The van der Waals surface area contributed by atoms with E-state index in [1.54, 1.807) is 37.4 Å². The molecule has 0 amide bonds. The molecule has 3 rings (SSSR count). The molecule has 0 saturated carbocycles. The van der Waals surface area contributed by atoms with Crippen LogP contribution in [0.15, 0.2) is 41.3 Å². The molecular weight excluding hydrogens is 455 g/mol. The Morgan fingerprint density at radius 2 is 1.68 bits per heavy atom. The van der Waals surface area contributed by atoms with E-state index in [1.165, 1.54) is 4.31 Å². The van der Waals surface area contributed by atoms with Crippen LogP contribution in [0.4, 0.5) is 5.82 Å². The number of hydrogen-bond acceptors (Lipinski definition) is 4. The Hall–Kier alpha value is -1.80. The maximum atomic E-state index is 13.0. The number of rotatable bonds is 9. The number of sulfonamides is 1. The smallest absolute Gasteiger partial charge is 0.242 e. The molecule has 0 aliphatic heterocycles. The number of anilines is 1. The maximum absolute atomic E-state index is 13.0. The minimum Gasteiger partial charge on any atom is -0.355 e. The molecule has 0 bridgehead atoms. The molecule has 0 radical (unpaired) electrons. The van der Waals surface area contributed by atoms with Gasteiger partial charge < -0.3 is 4.90 Å². The van der Waals surface area contributed by atoms with Gasteiger partial charge in [-0.15, -0.1) is 0 Å². The van der Waals surface area contributed by atoms with Gasteiger partial charge in [0.05, 0.1) is 17.0 Å². The summed E-state index contributed by atoms with van der Waals surface area (Å²) in [6.45, 7) is 8.41. The van der Waals surface area contributed by atoms with E-state index in [2.05, 4.69) is 18.7 Å². The van der Waals surface area contributed by atoms with Gasteiger partial charge in [-0.3, -0.25) is 4.68 Å². The summed E-state index contributed by atoms with van der Waals surface area (Å²) in [5.41, 5.74) is 1.61. The van der Waals surface area contributed by atoms with E-state index >= 15 is 0 Å². The predicted molar refractivity (Wildman–Crippen MR) is 129 cm³/mol. The van der Waals surface area contributed by atoms with Gasteiger partial charge in [0.25, 0.3) is 0 Å². The highest BCUT2D eigenvalue weighted by atomic mass is 35.5. The van der Waals surface area contributed by atoms with Crippen molar-refractivity contribution in [3.8, 4) is 0 Å². The van der Waals surface area contributed by atoms with Crippen molar-refractivity contribution >= 4 is 49.9 Å². The molecule has 9 heteroatoms. The molecule has 6 nitrogen and oxygen atoms in total. The second kappa shape index (κ2) is 9.77. The first-order valence-electron chi connectivity index (χ1n) is 10.4. The number of aromatic nitrogens is 2. The largest absolute Gasteiger partial charge is 0.355 e. The summed E-state index contributed by atoms with van der Waals surface area (Å²) < 4.78 is 29.3. The van der Waals surface area contributed by atoms with Crippen LogP contribution in [0.5, 0.6) is 0 Å². The second-order valence-corrected chi connectivity index (χ2v) is 10.2. The van der Waals surface area contributed by atoms with Gasteiger partial charge in [0.15, 0.2) is 5.82 Å². The van der Waals surface area contributed by atoms with Gasteiger partial charge >= 0.3 is 0 Å². The van der Waals surface area contributed by atoms with Crippen LogP contribution in [0.2, 0.25) is 10.0 Å². The minimum absolute atomic E-state index is 0.264. The van der Waals surface area contributed by atoms with Crippen LogP contribution in [-0.4, -0.2) is 49.2 Å². The van der Waals surface area contributed by atoms with Gasteiger partial charge in [-0.05, 0) is 50.6 Å². The van der Waals surface area contributed by atoms with Gasteiger partial charge in [0.1, 0.15) is 0 Å². The van der Waals surface area contributed by atoms with Crippen LogP contribution in [0.3, 0.4) is 0 Å². The van der Waals surface area contributed by atoms with E-state index in [1.807, 2.05) is 17.7 Å². The fourth-order valence-corrected chi connectivity index (χ4v) is 5.43. The highest BCUT2D eigenvalue weighted by Gasteiger charge is 2.23. The van der Waals surface area contributed by atoms with Crippen LogP contribution < -0.4 is 4.90 Å². The average Bonchev–Trinajstić information content (AvgIpc) is 3.09. The molecule has 168 valence electrons. The lowest BCUT2D eigenvalue weighted by molar-refractivity contribution is 0.468. The lowest BCUT2D eigenvalue weighted by Gasteiger charge is -2.19. The summed E-state index contributed by atoms with van der Waals surface area (Å²) >= 11 is 12.8. The Morgan fingerprint density at radius 1 is 1.03 bits per heavy atom. The molecule has 0 unspecified atom stereocenters. The average molecular weight is 483 g/mol. The summed E-state index contributed by atoms with van der Waals surface area (Å²) in [5, 5.41) is 6.76. The summed E-state index contributed by atoms with van der Waals surface area (Å²) in [6.07, 6.45) is 0.749. The molecule has 0 aliphatic carbocycles. The second-order valence-electron chi connectivity index (χ2n) is 7.36. The Morgan fingerprint density at radius 3 is 2.26 bits per heavy atom. The van der Waals surface area contributed by atoms with E-state index in [9.17, 15) is 8.42 Å². The van der Waals surface area contributed by atoms with Gasteiger partial charge in [0, 0.05) is 47.7 Å². The van der Waals surface area contributed by atoms with Gasteiger partial charge in [0.2, 0.25) is 10.0 Å². The molecule has 31 heavy (non-hydrogen) atoms. The molecule has 3 aromatic rings. The third kappa shape index (κ3) is 4.70. The molecule has 2 aromatic carbocycles. The molecule has 1 heterocycles. The zero-order chi connectivity index (χ0) is 22.8. The van der Waals surface area contributed by atoms with Crippen LogP contribution in [-0.2, 0) is 16.6 Å². The summed E-state index contributed by atoms with van der Waals surface area (Å²) in [5.74, 6) is 0.748. The number of benzene rings is 2. The first-order chi connectivity index (χ1) is 14.7. The van der Waals surface area contributed by atoms with Gasteiger partial charge in [-0.1, -0.05) is 36.2 Å². The quantitative estimate of drug-likeness (QED) is 0.416. The Balaban J connectivity index is 2.18. The molecule has 1 aromatic heterocycles. The number of hydrogen-bond donors (Lipinski definition) is 0. The predicted octanol–water partition coefficient (Wildman–Crippen LogP) is 5.27. The molecule has 0 aliphatic rings. The van der Waals surface area contributed by atoms with E-state index in [0.29, 0.717) is 23.1 Å². The van der Waals surface area contributed by atoms with E-state index in [4.69, 9.17) is 28.3 Å². The fraction of sp³-hybridized carbons (Fsp3) is 0.409. The van der Waals surface area contributed by atoms with E-state index in [-0.39, 0.29) is 4.90 Å². The van der Waals surface area contributed by atoms with E-state index in [0.717, 1.165) is 41.8 Å². The van der Waals surface area contributed by atoms with Crippen molar-refractivity contribution in [1.29, 1.82) is 0 Å². The molecular formula is C22H28Cl2N4O2S. The molecule has 0 fully saturated rings. The monoisotopic (exact) mass is 482 g/mol. The first-order valence-corrected chi connectivity index (χ1v) is 12.6.